The molecule has 3 N–H and O–H groups in total. The average Bonchev–Trinajstić information content (AvgIpc) is 2.72. The third kappa shape index (κ3) is 2.25. The van der Waals surface area contributed by atoms with Crippen molar-refractivity contribution in [2.45, 2.75) is 6.04 Å². The first kappa shape index (κ1) is 11.2. The van der Waals surface area contributed by atoms with Gasteiger partial charge in [-0.1, -0.05) is 0 Å². The minimum Gasteiger partial charge on any atom is -0.397 e. The highest BCUT2D eigenvalue weighted by atomic mass is 32.2. The average molecular weight is 258 g/mol. The normalized spacial score (nSPS) is 22.1. The molecular formula is C9H10N2O3S2. The minimum atomic E-state index is -3.14. The van der Waals surface area contributed by atoms with Gasteiger partial charge in [0.15, 0.2) is 9.84 Å². The summed E-state index contributed by atoms with van der Waals surface area (Å²) in [6, 6.07) is 1.18. The maximum atomic E-state index is 11.7. The molecule has 1 aliphatic rings. The highest BCUT2D eigenvalue weighted by molar-refractivity contribution is 7.94. The maximum absolute atomic E-state index is 11.7. The Morgan fingerprint density at radius 2 is 2.31 bits per heavy atom. The molecule has 1 amide bonds. The first-order valence-corrected chi connectivity index (χ1v) is 7.12. The van der Waals surface area contributed by atoms with Crippen molar-refractivity contribution in [2.24, 2.45) is 0 Å². The van der Waals surface area contributed by atoms with Crippen LogP contribution in [0.2, 0.25) is 0 Å². The summed E-state index contributed by atoms with van der Waals surface area (Å²) in [5.41, 5.74) is 5.99. The fraction of sp³-hybridized carbons (Fsp3) is 0.222. The Labute approximate surface area is 96.9 Å². The first-order valence-electron chi connectivity index (χ1n) is 4.53. The van der Waals surface area contributed by atoms with E-state index in [0.717, 1.165) is 5.41 Å². The van der Waals surface area contributed by atoms with Crippen LogP contribution in [0, 0.1) is 0 Å². The molecule has 1 aromatic rings. The van der Waals surface area contributed by atoms with Gasteiger partial charge in [-0.05, 0) is 17.5 Å². The van der Waals surface area contributed by atoms with E-state index in [-0.39, 0.29) is 11.7 Å². The van der Waals surface area contributed by atoms with Crippen molar-refractivity contribution in [1.29, 1.82) is 0 Å². The highest BCUT2D eigenvalue weighted by Crippen LogP contribution is 2.19. The molecule has 2 rings (SSSR count). The van der Waals surface area contributed by atoms with Gasteiger partial charge >= 0.3 is 0 Å². The second-order valence-electron chi connectivity index (χ2n) is 3.44. The molecule has 1 aliphatic heterocycles. The number of rotatable bonds is 2. The highest BCUT2D eigenvalue weighted by Gasteiger charge is 2.24. The summed E-state index contributed by atoms with van der Waals surface area (Å²) in [4.78, 5) is 12.1. The van der Waals surface area contributed by atoms with Crippen LogP contribution in [0.1, 0.15) is 9.67 Å². The summed E-state index contributed by atoms with van der Waals surface area (Å²) in [5.74, 6) is -0.413. The van der Waals surface area contributed by atoms with Crippen LogP contribution in [0.15, 0.2) is 22.9 Å². The molecule has 1 unspecified atom stereocenters. The first-order chi connectivity index (χ1) is 7.48. The standard InChI is InChI=1S/C9H10N2O3S2/c10-7-1-3-15-8(7)9(12)11-6-2-4-16(13,14)5-6/h1-4,6H,5,10H2,(H,11,12). The molecule has 0 aromatic carbocycles. The lowest BCUT2D eigenvalue weighted by atomic mass is 10.3. The van der Waals surface area contributed by atoms with Crippen molar-refractivity contribution in [3.8, 4) is 0 Å². The van der Waals surface area contributed by atoms with E-state index in [1.165, 1.54) is 17.4 Å². The lowest BCUT2D eigenvalue weighted by Gasteiger charge is -2.08. The zero-order valence-corrected chi connectivity index (χ0v) is 9.85. The second kappa shape index (κ2) is 3.91. The van der Waals surface area contributed by atoms with Gasteiger partial charge in [0.1, 0.15) is 4.88 Å². The molecule has 0 saturated heterocycles. The molecule has 0 saturated carbocycles. The van der Waals surface area contributed by atoms with E-state index in [4.69, 9.17) is 5.73 Å². The molecule has 5 nitrogen and oxygen atoms in total. The fourth-order valence-electron chi connectivity index (χ4n) is 1.40. The van der Waals surface area contributed by atoms with Crippen LogP contribution in [0.4, 0.5) is 5.69 Å². The SMILES string of the molecule is Nc1ccsc1C(=O)NC1C=CS(=O)(=O)C1. The number of hydrogen-bond donors (Lipinski definition) is 2. The van der Waals surface area contributed by atoms with Crippen LogP contribution in [0.5, 0.6) is 0 Å². The van der Waals surface area contributed by atoms with Gasteiger partial charge in [0.25, 0.3) is 5.91 Å². The molecule has 7 heteroatoms. The van der Waals surface area contributed by atoms with Gasteiger partial charge in [0.2, 0.25) is 0 Å². The van der Waals surface area contributed by atoms with Crippen LogP contribution < -0.4 is 11.1 Å². The van der Waals surface area contributed by atoms with E-state index in [9.17, 15) is 13.2 Å². The Balaban J connectivity index is 2.05. The van der Waals surface area contributed by atoms with Crippen LogP contribution >= 0.6 is 11.3 Å². The summed E-state index contributed by atoms with van der Waals surface area (Å²) in [6.45, 7) is 0. The molecule has 0 radical (unpaired) electrons. The number of carbonyl (C=O) groups is 1. The lowest BCUT2D eigenvalue weighted by Crippen LogP contribution is -2.35. The minimum absolute atomic E-state index is 0.0793. The molecule has 16 heavy (non-hydrogen) atoms. The summed E-state index contributed by atoms with van der Waals surface area (Å²) in [6.07, 6.45) is 1.47. The van der Waals surface area contributed by atoms with Crippen LogP contribution in [-0.2, 0) is 9.84 Å². The van der Waals surface area contributed by atoms with Gasteiger partial charge in [-0.2, -0.15) is 0 Å². The predicted octanol–water partition coefficient (Wildman–Crippen LogP) is 0.371. The Morgan fingerprint density at radius 3 is 2.81 bits per heavy atom. The summed E-state index contributed by atoms with van der Waals surface area (Å²) in [7, 11) is -3.14. The van der Waals surface area contributed by atoms with Crippen molar-refractivity contribution >= 4 is 32.8 Å². The number of carbonyl (C=O) groups excluding carboxylic acids is 1. The third-order valence-electron chi connectivity index (χ3n) is 2.15. The largest absolute Gasteiger partial charge is 0.397 e. The van der Waals surface area contributed by atoms with E-state index in [1.807, 2.05) is 0 Å². The molecule has 0 bridgehead atoms. The van der Waals surface area contributed by atoms with Gasteiger partial charge < -0.3 is 11.1 Å². The monoisotopic (exact) mass is 258 g/mol. The zero-order chi connectivity index (χ0) is 11.8. The molecule has 1 atom stereocenters. The number of nitrogen functional groups attached to an aromatic ring is 1. The van der Waals surface area contributed by atoms with E-state index < -0.39 is 15.9 Å². The van der Waals surface area contributed by atoms with Crippen LogP contribution in [0.25, 0.3) is 0 Å². The van der Waals surface area contributed by atoms with Gasteiger partial charge in [-0.25, -0.2) is 8.42 Å². The molecule has 0 spiro atoms. The van der Waals surface area contributed by atoms with Crippen molar-refractivity contribution < 1.29 is 13.2 Å². The van der Waals surface area contributed by atoms with Gasteiger partial charge in [0.05, 0.1) is 17.5 Å². The summed E-state index contributed by atoms with van der Waals surface area (Å²) in [5, 5.41) is 5.44. The summed E-state index contributed by atoms with van der Waals surface area (Å²) < 4.78 is 22.2. The number of sulfone groups is 1. The Morgan fingerprint density at radius 1 is 1.56 bits per heavy atom. The van der Waals surface area contributed by atoms with Gasteiger partial charge in [-0.15, -0.1) is 11.3 Å². The van der Waals surface area contributed by atoms with Crippen LogP contribution in [0.3, 0.4) is 0 Å². The number of hydrogen-bond acceptors (Lipinski definition) is 5. The van der Waals surface area contributed by atoms with Crippen molar-refractivity contribution in [1.82, 2.24) is 5.32 Å². The molecule has 0 aliphatic carbocycles. The van der Waals surface area contributed by atoms with Gasteiger partial charge in [0, 0.05) is 5.41 Å². The van der Waals surface area contributed by atoms with Crippen LogP contribution in [-0.4, -0.2) is 26.1 Å². The second-order valence-corrected chi connectivity index (χ2v) is 6.29. The lowest BCUT2D eigenvalue weighted by molar-refractivity contribution is 0.0952. The predicted molar refractivity (Wildman–Crippen MR) is 62.9 cm³/mol. The van der Waals surface area contributed by atoms with E-state index >= 15 is 0 Å². The molecule has 2 heterocycles. The number of thiophene rings is 1. The topological polar surface area (TPSA) is 89.3 Å². The van der Waals surface area contributed by atoms with Crippen molar-refractivity contribution in [3.63, 3.8) is 0 Å². The van der Waals surface area contributed by atoms with Crippen molar-refractivity contribution in [2.75, 3.05) is 11.5 Å². The quantitative estimate of drug-likeness (QED) is 0.802. The molecule has 1 aromatic heterocycles. The zero-order valence-electron chi connectivity index (χ0n) is 8.21. The Hall–Kier alpha value is -1.34. The molecule has 0 fully saturated rings. The Bertz CT molecular complexity index is 545. The van der Waals surface area contributed by atoms with Gasteiger partial charge in [-0.3, -0.25) is 4.79 Å². The Kier molecular flexibility index (Phi) is 2.73. The van der Waals surface area contributed by atoms with E-state index in [0.29, 0.717) is 10.6 Å². The number of amides is 1. The van der Waals surface area contributed by atoms with E-state index in [2.05, 4.69) is 5.32 Å². The summed E-state index contributed by atoms with van der Waals surface area (Å²) >= 11 is 1.23. The van der Waals surface area contributed by atoms with Crippen molar-refractivity contribution in [3.05, 3.63) is 27.8 Å². The number of anilines is 1. The maximum Gasteiger partial charge on any atom is 0.263 e. The third-order valence-corrected chi connectivity index (χ3v) is 4.47. The smallest absolute Gasteiger partial charge is 0.263 e. The molecular weight excluding hydrogens is 248 g/mol. The fourth-order valence-corrected chi connectivity index (χ4v) is 3.36. The number of nitrogens with one attached hydrogen (secondary N) is 1. The van der Waals surface area contributed by atoms with E-state index in [1.54, 1.807) is 11.4 Å². The molecule has 86 valence electrons. The number of nitrogens with two attached hydrogens (primary N) is 1.